The second-order valence-electron chi connectivity index (χ2n) is 5.94. The molecule has 1 amide bonds. The summed E-state index contributed by atoms with van der Waals surface area (Å²) in [6.07, 6.45) is 2.21. The normalized spacial score (nSPS) is 23.6. The molecule has 114 valence electrons. The number of hydrogen-bond donors (Lipinski definition) is 2. The van der Waals surface area contributed by atoms with Crippen LogP contribution in [0.25, 0.3) is 0 Å². The molecule has 0 heterocycles. The molecular weight excluding hydrogens is 266 g/mol. The number of benzene rings is 1. The number of amides is 1. The van der Waals surface area contributed by atoms with E-state index in [9.17, 15) is 14.7 Å². The van der Waals surface area contributed by atoms with Gasteiger partial charge < -0.3 is 10.4 Å². The van der Waals surface area contributed by atoms with Gasteiger partial charge in [-0.05, 0) is 24.3 Å². The van der Waals surface area contributed by atoms with Crippen molar-refractivity contribution in [2.45, 2.75) is 38.6 Å². The lowest BCUT2D eigenvalue weighted by molar-refractivity contribution is -0.131. The molecule has 4 nitrogen and oxygen atoms in total. The van der Waals surface area contributed by atoms with Gasteiger partial charge in [-0.1, -0.05) is 37.3 Å². The van der Waals surface area contributed by atoms with Gasteiger partial charge in [0, 0.05) is 18.8 Å². The maximum absolute atomic E-state index is 12.3. The third-order valence-corrected chi connectivity index (χ3v) is 4.20. The van der Waals surface area contributed by atoms with Crippen molar-refractivity contribution in [1.29, 1.82) is 0 Å². The van der Waals surface area contributed by atoms with Crippen molar-refractivity contribution in [1.82, 2.24) is 5.32 Å². The predicted octanol–water partition coefficient (Wildman–Crippen LogP) is 1.71. The number of aliphatic hydroxyl groups is 1. The Balaban J connectivity index is 1.92. The Morgan fingerprint density at radius 1 is 1.38 bits per heavy atom. The molecule has 1 aliphatic carbocycles. The molecule has 2 N–H and O–H groups in total. The first-order valence-electron chi connectivity index (χ1n) is 7.57. The van der Waals surface area contributed by atoms with Gasteiger partial charge in [0.25, 0.3) is 0 Å². The minimum absolute atomic E-state index is 0.0371. The minimum Gasteiger partial charge on any atom is -0.394 e. The number of ketones is 1. The van der Waals surface area contributed by atoms with Gasteiger partial charge in [-0.15, -0.1) is 0 Å². The van der Waals surface area contributed by atoms with Crippen molar-refractivity contribution >= 4 is 11.7 Å². The lowest BCUT2D eigenvalue weighted by Gasteiger charge is -2.28. The van der Waals surface area contributed by atoms with Gasteiger partial charge in [0.2, 0.25) is 5.91 Å². The van der Waals surface area contributed by atoms with E-state index in [-0.39, 0.29) is 36.2 Å². The Morgan fingerprint density at radius 3 is 2.71 bits per heavy atom. The number of hydrogen-bond acceptors (Lipinski definition) is 3. The van der Waals surface area contributed by atoms with E-state index in [1.54, 1.807) is 0 Å². The molecule has 0 aromatic heterocycles. The number of carbonyl (C=O) groups is 2. The van der Waals surface area contributed by atoms with Crippen LogP contribution < -0.4 is 5.32 Å². The molecule has 0 radical (unpaired) electrons. The van der Waals surface area contributed by atoms with Crippen LogP contribution in [0.4, 0.5) is 0 Å². The molecular formula is C17H23NO3. The number of rotatable bonds is 5. The Hall–Kier alpha value is -1.68. The van der Waals surface area contributed by atoms with Crippen LogP contribution in [-0.2, 0) is 16.0 Å². The fourth-order valence-corrected chi connectivity index (χ4v) is 2.96. The van der Waals surface area contributed by atoms with E-state index >= 15 is 0 Å². The lowest BCUT2D eigenvalue weighted by atomic mass is 9.79. The van der Waals surface area contributed by atoms with Gasteiger partial charge in [-0.2, -0.15) is 0 Å². The second-order valence-corrected chi connectivity index (χ2v) is 5.94. The molecule has 0 saturated heterocycles. The van der Waals surface area contributed by atoms with E-state index in [1.165, 1.54) is 0 Å². The standard InChI is InChI=1S/C17H23NO3/c1-12-9-15(20)7-8-16(12)17(21)18-14(11-19)10-13-5-3-2-4-6-13/h2-6,12,14,16,19H,7-11H2,1H3,(H,18,21). The van der Waals surface area contributed by atoms with Gasteiger partial charge >= 0.3 is 0 Å². The van der Waals surface area contributed by atoms with Crippen LogP contribution in [0.3, 0.4) is 0 Å². The number of nitrogens with one attached hydrogen (secondary N) is 1. The van der Waals surface area contributed by atoms with Crippen LogP contribution in [0.1, 0.15) is 31.7 Å². The van der Waals surface area contributed by atoms with E-state index in [4.69, 9.17) is 0 Å². The monoisotopic (exact) mass is 289 g/mol. The molecule has 4 heteroatoms. The van der Waals surface area contributed by atoms with E-state index in [0.29, 0.717) is 25.7 Å². The fraction of sp³-hybridized carbons (Fsp3) is 0.529. The molecule has 0 spiro atoms. The average Bonchev–Trinajstić information content (AvgIpc) is 2.47. The Labute approximate surface area is 125 Å². The molecule has 1 aromatic carbocycles. The van der Waals surface area contributed by atoms with Crippen molar-refractivity contribution in [3.63, 3.8) is 0 Å². The smallest absolute Gasteiger partial charge is 0.223 e. The Morgan fingerprint density at radius 2 is 2.10 bits per heavy atom. The molecule has 1 fully saturated rings. The van der Waals surface area contributed by atoms with Crippen LogP contribution in [0.15, 0.2) is 30.3 Å². The van der Waals surface area contributed by atoms with Crippen molar-refractivity contribution in [3.05, 3.63) is 35.9 Å². The molecule has 2 rings (SSSR count). The van der Waals surface area contributed by atoms with Crippen molar-refractivity contribution in [3.8, 4) is 0 Å². The van der Waals surface area contributed by atoms with E-state index in [0.717, 1.165) is 5.56 Å². The quantitative estimate of drug-likeness (QED) is 0.867. The predicted molar refractivity (Wildman–Crippen MR) is 80.7 cm³/mol. The summed E-state index contributed by atoms with van der Waals surface area (Å²) >= 11 is 0. The molecule has 0 bridgehead atoms. The summed E-state index contributed by atoms with van der Waals surface area (Å²) in [6.45, 7) is 1.87. The zero-order valence-corrected chi connectivity index (χ0v) is 12.4. The minimum atomic E-state index is -0.273. The average molecular weight is 289 g/mol. The summed E-state index contributed by atoms with van der Waals surface area (Å²) in [4.78, 5) is 23.7. The SMILES string of the molecule is CC1CC(=O)CCC1C(=O)NC(CO)Cc1ccccc1. The summed E-state index contributed by atoms with van der Waals surface area (Å²) in [6, 6.07) is 9.52. The fourth-order valence-electron chi connectivity index (χ4n) is 2.96. The number of Topliss-reactive ketones (excluding diaryl/α,β-unsaturated/α-hetero) is 1. The van der Waals surface area contributed by atoms with Gasteiger partial charge in [-0.3, -0.25) is 9.59 Å². The lowest BCUT2D eigenvalue weighted by Crippen LogP contribution is -2.45. The van der Waals surface area contributed by atoms with Crippen molar-refractivity contribution in [2.24, 2.45) is 11.8 Å². The van der Waals surface area contributed by atoms with E-state index in [1.807, 2.05) is 37.3 Å². The highest BCUT2D eigenvalue weighted by Gasteiger charge is 2.32. The van der Waals surface area contributed by atoms with Gasteiger partial charge in [0.15, 0.2) is 0 Å². The second kappa shape index (κ2) is 7.36. The number of aliphatic hydroxyl groups excluding tert-OH is 1. The van der Waals surface area contributed by atoms with E-state index in [2.05, 4.69) is 5.32 Å². The summed E-state index contributed by atoms with van der Waals surface area (Å²) in [5.74, 6) is 0.175. The summed E-state index contributed by atoms with van der Waals surface area (Å²) in [5, 5.41) is 12.4. The first-order valence-corrected chi connectivity index (χ1v) is 7.57. The molecule has 1 aliphatic rings. The third kappa shape index (κ3) is 4.39. The van der Waals surface area contributed by atoms with Crippen LogP contribution in [0.2, 0.25) is 0 Å². The largest absolute Gasteiger partial charge is 0.394 e. The van der Waals surface area contributed by atoms with Crippen LogP contribution in [0, 0.1) is 11.8 Å². The molecule has 0 aliphatic heterocycles. The molecule has 3 unspecified atom stereocenters. The highest BCUT2D eigenvalue weighted by atomic mass is 16.3. The van der Waals surface area contributed by atoms with Crippen LogP contribution in [-0.4, -0.2) is 29.4 Å². The van der Waals surface area contributed by atoms with Crippen molar-refractivity contribution < 1.29 is 14.7 Å². The van der Waals surface area contributed by atoms with Crippen LogP contribution >= 0.6 is 0 Å². The maximum Gasteiger partial charge on any atom is 0.223 e. The molecule has 21 heavy (non-hydrogen) atoms. The van der Waals surface area contributed by atoms with Crippen LogP contribution in [0.5, 0.6) is 0 Å². The molecule has 3 atom stereocenters. The first kappa shape index (κ1) is 15.7. The third-order valence-electron chi connectivity index (χ3n) is 4.20. The summed E-state index contributed by atoms with van der Waals surface area (Å²) in [5.41, 5.74) is 1.09. The Bertz CT molecular complexity index is 486. The zero-order valence-electron chi connectivity index (χ0n) is 12.4. The summed E-state index contributed by atoms with van der Waals surface area (Å²) in [7, 11) is 0. The first-order chi connectivity index (χ1) is 10.1. The zero-order chi connectivity index (χ0) is 15.2. The Kier molecular flexibility index (Phi) is 5.51. The number of carbonyl (C=O) groups excluding carboxylic acids is 2. The topological polar surface area (TPSA) is 66.4 Å². The molecule has 1 aromatic rings. The van der Waals surface area contributed by atoms with Gasteiger partial charge in [-0.25, -0.2) is 0 Å². The summed E-state index contributed by atoms with van der Waals surface area (Å²) < 4.78 is 0. The highest BCUT2D eigenvalue weighted by molar-refractivity contribution is 5.85. The van der Waals surface area contributed by atoms with Gasteiger partial charge in [0.05, 0.1) is 12.6 Å². The maximum atomic E-state index is 12.3. The molecule has 1 saturated carbocycles. The van der Waals surface area contributed by atoms with E-state index < -0.39 is 0 Å². The van der Waals surface area contributed by atoms with Gasteiger partial charge in [0.1, 0.15) is 5.78 Å². The highest BCUT2D eigenvalue weighted by Crippen LogP contribution is 2.27. The van der Waals surface area contributed by atoms with Crippen molar-refractivity contribution in [2.75, 3.05) is 6.61 Å².